The van der Waals surface area contributed by atoms with Gasteiger partial charge in [-0.3, -0.25) is 4.90 Å². The molecule has 1 aromatic rings. The molecule has 20 heavy (non-hydrogen) atoms. The topological polar surface area (TPSA) is 35.5 Å². The third-order valence-electron chi connectivity index (χ3n) is 3.73. The molecular weight excluding hydrogens is 279 g/mol. The highest BCUT2D eigenvalue weighted by molar-refractivity contribution is 6.32. The Labute approximate surface area is 124 Å². The van der Waals surface area contributed by atoms with Crippen molar-refractivity contribution < 1.29 is 9.50 Å². The third-order valence-corrected chi connectivity index (χ3v) is 4.03. The van der Waals surface area contributed by atoms with Crippen LogP contribution in [0.2, 0.25) is 5.02 Å². The summed E-state index contributed by atoms with van der Waals surface area (Å²) in [5.74, 6) is -0.532. The molecule has 2 rings (SSSR count). The maximum Gasteiger partial charge on any atom is 0.141 e. The molecule has 112 valence electrons. The van der Waals surface area contributed by atoms with E-state index >= 15 is 0 Å². The van der Waals surface area contributed by atoms with Crippen molar-refractivity contribution in [3.8, 4) is 5.75 Å². The van der Waals surface area contributed by atoms with Crippen LogP contribution in [0.25, 0.3) is 0 Å². The zero-order chi connectivity index (χ0) is 14.9. The van der Waals surface area contributed by atoms with E-state index in [1.807, 2.05) is 0 Å². The van der Waals surface area contributed by atoms with E-state index in [1.165, 1.54) is 12.1 Å². The Balaban J connectivity index is 2.49. The summed E-state index contributed by atoms with van der Waals surface area (Å²) >= 11 is 5.97. The Hall–Kier alpha value is -0.840. The second-order valence-electron chi connectivity index (χ2n) is 6.35. The van der Waals surface area contributed by atoms with Gasteiger partial charge in [0.1, 0.15) is 11.6 Å². The molecule has 5 heteroatoms. The SMILES string of the molecule is CC(C)(C)[C@H](c1c(F)ccc(Cl)c1O)N1CCNCC1. The molecule has 0 bridgehead atoms. The lowest BCUT2D eigenvalue weighted by Gasteiger charge is -2.42. The summed E-state index contributed by atoms with van der Waals surface area (Å²) in [5, 5.41) is 13.7. The van der Waals surface area contributed by atoms with Gasteiger partial charge in [0.05, 0.1) is 5.02 Å². The second-order valence-corrected chi connectivity index (χ2v) is 6.75. The molecule has 1 saturated heterocycles. The first-order valence-electron chi connectivity index (χ1n) is 6.94. The monoisotopic (exact) mass is 300 g/mol. The van der Waals surface area contributed by atoms with E-state index in [4.69, 9.17) is 11.6 Å². The van der Waals surface area contributed by atoms with Crippen molar-refractivity contribution >= 4 is 11.6 Å². The quantitative estimate of drug-likeness (QED) is 0.880. The van der Waals surface area contributed by atoms with Gasteiger partial charge in [-0.2, -0.15) is 0 Å². The summed E-state index contributed by atoms with van der Waals surface area (Å²) in [7, 11) is 0. The fourth-order valence-electron chi connectivity index (χ4n) is 2.92. The minimum atomic E-state index is -0.398. The van der Waals surface area contributed by atoms with Gasteiger partial charge in [0.2, 0.25) is 0 Å². The number of nitrogens with one attached hydrogen (secondary N) is 1. The summed E-state index contributed by atoms with van der Waals surface area (Å²) in [6, 6.07) is 2.52. The van der Waals surface area contributed by atoms with Gasteiger partial charge >= 0.3 is 0 Å². The molecule has 3 nitrogen and oxygen atoms in total. The number of hydrogen-bond acceptors (Lipinski definition) is 3. The number of piperazine rings is 1. The van der Waals surface area contributed by atoms with E-state index < -0.39 is 5.82 Å². The van der Waals surface area contributed by atoms with Gasteiger partial charge in [-0.25, -0.2) is 4.39 Å². The van der Waals surface area contributed by atoms with Crippen LogP contribution in [0, 0.1) is 11.2 Å². The summed E-state index contributed by atoms with van der Waals surface area (Å²) in [4.78, 5) is 2.21. The first-order chi connectivity index (χ1) is 9.32. The molecule has 1 fully saturated rings. The van der Waals surface area contributed by atoms with E-state index in [2.05, 4.69) is 31.0 Å². The lowest BCUT2D eigenvalue weighted by atomic mass is 9.80. The molecule has 0 amide bonds. The number of benzene rings is 1. The molecule has 2 N–H and O–H groups in total. The number of phenols is 1. The van der Waals surface area contributed by atoms with Crippen LogP contribution in [0.4, 0.5) is 4.39 Å². The van der Waals surface area contributed by atoms with Crippen LogP contribution < -0.4 is 5.32 Å². The lowest BCUT2D eigenvalue weighted by Crippen LogP contribution is -2.48. The normalized spacial score (nSPS) is 19.1. The Morgan fingerprint density at radius 1 is 1.30 bits per heavy atom. The minimum absolute atomic E-state index is 0.134. The Morgan fingerprint density at radius 3 is 2.45 bits per heavy atom. The van der Waals surface area contributed by atoms with Crippen molar-refractivity contribution in [3.05, 3.63) is 28.5 Å². The predicted molar refractivity (Wildman–Crippen MR) is 79.7 cm³/mol. The van der Waals surface area contributed by atoms with Crippen LogP contribution in [0.5, 0.6) is 5.75 Å². The van der Waals surface area contributed by atoms with E-state index in [1.54, 1.807) is 0 Å². The highest BCUT2D eigenvalue weighted by atomic mass is 35.5. The van der Waals surface area contributed by atoms with Gasteiger partial charge in [-0.05, 0) is 17.5 Å². The zero-order valence-corrected chi connectivity index (χ0v) is 13.0. The zero-order valence-electron chi connectivity index (χ0n) is 12.2. The molecule has 0 aromatic heterocycles. The highest BCUT2D eigenvalue weighted by Crippen LogP contribution is 2.44. The highest BCUT2D eigenvalue weighted by Gasteiger charge is 2.36. The van der Waals surface area contributed by atoms with Crippen molar-refractivity contribution in [2.45, 2.75) is 26.8 Å². The number of nitrogens with zero attached hydrogens (tertiary/aromatic N) is 1. The van der Waals surface area contributed by atoms with Crippen LogP contribution in [0.1, 0.15) is 32.4 Å². The van der Waals surface area contributed by atoms with Crippen molar-refractivity contribution in [2.75, 3.05) is 26.2 Å². The smallest absolute Gasteiger partial charge is 0.141 e. The Kier molecular flexibility index (Phi) is 4.57. The fraction of sp³-hybridized carbons (Fsp3) is 0.600. The van der Waals surface area contributed by atoms with E-state index in [9.17, 15) is 9.50 Å². The summed E-state index contributed by atoms with van der Waals surface area (Å²) in [5.41, 5.74) is 0.104. The lowest BCUT2D eigenvalue weighted by molar-refractivity contribution is 0.0813. The molecule has 0 aliphatic carbocycles. The number of phenolic OH excluding ortho intramolecular Hbond substituents is 1. The largest absolute Gasteiger partial charge is 0.506 e. The van der Waals surface area contributed by atoms with Gasteiger partial charge in [-0.15, -0.1) is 0 Å². The van der Waals surface area contributed by atoms with Crippen molar-refractivity contribution in [1.29, 1.82) is 0 Å². The van der Waals surface area contributed by atoms with Crippen LogP contribution in [0.3, 0.4) is 0 Å². The maximum absolute atomic E-state index is 14.3. The summed E-state index contributed by atoms with van der Waals surface area (Å²) in [6.45, 7) is 9.56. The van der Waals surface area contributed by atoms with Crippen molar-refractivity contribution in [2.24, 2.45) is 5.41 Å². The minimum Gasteiger partial charge on any atom is -0.506 e. The molecule has 1 atom stereocenters. The average molecular weight is 301 g/mol. The molecule has 1 heterocycles. The van der Waals surface area contributed by atoms with Gasteiger partial charge in [-0.1, -0.05) is 32.4 Å². The summed E-state index contributed by atoms with van der Waals surface area (Å²) in [6.07, 6.45) is 0. The average Bonchev–Trinajstić information content (AvgIpc) is 2.39. The van der Waals surface area contributed by atoms with Crippen molar-refractivity contribution in [3.63, 3.8) is 0 Å². The molecule has 0 saturated carbocycles. The second kappa shape index (κ2) is 5.88. The van der Waals surface area contributed by atoms with Gasteiger partial charge in [0, 0.05) is 37.8 Å². The first-order valence-corrected chi connectivity index (χ1v) is 7.32. The van der Waals surface area contributed by atoms with Crippen LogP contribution >= 0.6 is 11.6 Å². The molecule has 1 aliphatic rings. The number of rotatable bonds is 2. The Morgan fingerprint density at radius 2 is 1.90 bits per heavy atom. The third kappa shape index (κ3) is 3.08. The van der Waals surface area contributed by atoms with Gasteiger partial charge < -0.3 is 10.4 Å². The molecule has 0 radical (unpaired) electrons. The number of halogens is 2. The number of aromatic hydroxyl groups is 1. The molecule has 0 unspecified atom stereocenters. The molecular formula is C15H22ClFN2O. The summed E-state index contributed by atoms with van der Waals surface area (Å²) < 4.78 is 14.3. The Bertz CT molecular complexity index is 481. The van der Waals surface area contributed by atoms with Crippen LogP contribution in [0.15, 0.2) is 12.1 Å². The fourth-order valence-corrected chi connectivity index (χ4v) is 3.09. The molecule has 0 spiro atoms. The van der Waals surface area contributed by atoms with Gasteiger partial charge in [0.15, 0.2) is 0 Å². The first kappa shape index (κ1) is 15.5. The van der Waals surface area contributed by atoms with E-state index in [0.717, 1.165) is 26.2 Å². The number of hydrogen-bond donors (Lipinski definition) is 2. The van der Waals surface area contributed by atoms with Crippen molar-refractivity contribution in [1.82, 2.24) is 10.2 Å². The van der Waals surface area contributed by atoms with E-state index in [0.29, 0.717) is 5.56 Å². The molecule has 1 aromatic carbocycles. The molecule has 1 aliphatic heterocycles. The van der Waals surface area contributed by atoms with E-state index in [-0.39, 0.29) is 22.2 Å². The maximum atomic E-state index is 14.3. The van der Waals surface area contributed by atoms with Crippen LogP contribution in [-0.4, -0.2) is 36.2 Å². The van der Waals surface area contributed by atoms with Gasteiger partial charge in [0.25, 0.3) is 0 Å². The van der Waals surface area contributed by atoms with Crippen LogP contribution in [-0.2, 0) is 0 Å². The predicted octanol–water partition coefficient (Wildman–Crippen LogP) is 3.18. The standard InChI is InChI=1S/C15H22ClFN2O/c1-15(2,3)14(19-8-6-18-7-9-19)12-11(17)5-4-10(16)13(12)20/h4-5,14,18,20H,6-9H2,1-3H3/t14-/m0/s1.